The Bertz CT molecular complexity index is 952. The van der Waals surface area contributed by atoms with Crippen molar-refractivity contribution in [3.63, 3.8) is 0 Å². The molecule has 2 aromatic carbocycles. The molecule has 0 amide bonds. The molecule has 0 aliphatic carbocycles. The van der Waals surface area contributed by atoms with Crippen LogP contribution in [0.5, 0.6) is 0 Å². The van der Waals surface area contributed by atoms with Gasteiger partial charge >= 0.3 is 0 Å². The first-order valence-electron chi connectivity index (χ1n) is 9.64. The lowest BCUT2D eigenvalue weighted by Gasteiger charge is -2.49. The Labute approximate surface area is 162 Å². The normalized spacial score (nSPS) is 22.9. The van der Waals surface area contributed by atoms with Crippen LogP contribution in [0.1, 0.15) is 42.1 Å². The number of piperazine rings is 1. The van der Waals surface area contributed by atoms with E-state index in [0.717, 1.165) is 24.2 Å². The summed E-state index contributed by atoms with van der Waals surface area (Å²) in [5.74, 6) is 0.0829. The summed E-state index contributed by atoms with van der Waals surface area (Å²) in [4.78, 5) is 2.46. The number of sulfonamides is 1. The van der Waals surface area contributed by atoms with E-state index < -0.39 is 10.0 Å². The first-order chi connectivity index (χ1) is 12.8. The van der Waals surface area contributed by atoms with Gasteiger partial charge in [0.15, 0.2) is 0 Å². The van der Waals surface area contributed by atoms with Gasteiger partial charge in [-0.3, -0.25) is 4.90 Å². The van der Waals surface area contributed by atoms with E-state index in [4.69, 9.17) is 0 Å². The first kappa shape index (κ1) is 18.7. The number of aryl methyl sites for hydroxylation is 1. The van der Waals surface area contributed by atoms with Gasteiger partial charge in [0, 0.05) is 37.6 Å². The molecule has 0 N–H and O–H groups in total. The molecule has 4 nitrogen and oxygen atoms in total. The summed E-state index contributed by atoms with van der Waals surface area (Å²) in [5.41, 5.74) is 4.65. The van der Waals surface area contributed by atoms with Crippen molar-refractivity contribution < 1.29 is 8.42 Å². The van der Waals surface area contributed by atoms with Gasteiger partial charge in [-0.15, -0.1) is 0 Å². The molecular formula is C22H28N2O2S. The largest absolute Gasteiger partial charge is 0.293 e. The summed E-state index contributed by atoms with van der Waals surface area (Å²) < 4.78 is 28.0. The third kappa shape index (κ3) is 3.44. The summed E-state index contributed by atoms with van der Waals surface area (Å²) >= 11 is 0. The highest BCUT2D eigenvalue weighted by Gasteiger charge is 2.42. The van der Waals surface area contributed by atoms with Crippen molar-refractivity contribution >= 4 is 10.0 Å². The van der Waals surface area contributed by atoms with Crippen LogP contribution in [-0.2, 0) is 21.2 Å². The molecule has 144 valence electrons. The quantitative estimate of drug-likeness (QED) is 0.814. The van der Waals surface area contributed by atoms with Gasteiger partial charge in [-0.25, -0.2) is 8.42 Å². The summed E-state index contributed by atoms with van der Waals surface area (Å²) in [6.45, 7) is 9.41. The Morgan fingerprint density at radius 1 is 1.04 bits per heavy atom. The molecule has 4 rings (SSSR count). The maximum absolute atomic E-state index is 13.1. The Morgan fingerprint density at radius 3 is 2.52 bits per heavy atom. The lowest BCUT2D eigenvalue weighted by molar-refractivity contribution is 0.0807. The molecule has 1 atom stereocenters. The van der Waals surface area contributed by atoms with Crippen molar-refractivity contribution in [3.8, 4) is 0 Å². The molecule has 0 radical (unpaired) electrons. The van der Waals surface area contributed by atoms with Gasteiger partial charge in [-0.1, -0.05) is 62.4 Å². The average Bonchev–Trinajstić information content (AvgIpc) is 2.63. The number of benzene rings is 2. The monoisotopic (exact) mass is 384 g/mol. The lowest BCUT2D eigenvalue weighted by atomic mass is 9.75. The topological polar surface area (TPSA) is 40.6 Å². The standard InChI is InChI=1S/C22H28N2O2S/c1-17-8-4-5-9-18(17)15-27(25,26)24-13-12-23-16-22(2,3)20-11-7-6-10-19(20)21(23)14-24/h4-11,21H,12-16H2,1-3H3. The second kappa shape index (κ2) is 6.73. The smallest absolute Gasteiger partial charge is 0.218 e. The van der Waals surface area contributed by atoms with Crippen molar-refractivity contribution in [1.82, 2.24) is 9.21 Å². The molecule has 27 heavy (non-hydrogen) atoms. The Hall–Kier alpha value is -1.69. The number of nitrogens with zero attached hydrogens (tertiary/aromatic N) is 2. The van der Waals surface area contributed by atoms with Crippen LogP contribution in [0.4, 0.5) is 0 Å². The zero-order valence-electron chi connectivity index (χ0n) is 16.4. The number of rotatable bonds is 3. The zero-order valence-corrected chi connectivity index (χ0v) is 17.2. The molecule has 0 saturated carbocycles. The van der Waals surface area contributed by atoms with E-state index in [1.165, 1.54) is 11.1 Å². The van der Waals surface area contributed by atoms with Gasteiger partial charge in [0.1, 0.15) is 0 Å². The van der Waals surface area contributed by atoms with Crippen LogP contribution in [0.25, 0.3) is 0 Å². The zero-order chi connectivity index (χ0) is 19.2. The molecule has 2 aliphatic rings. The third-order valence-electron chi connectivity index (χ3n) is 6.09. The number of hydrogen-bond acceptors (Lipinski definition) is 3. The van der Waals surface area contributed by atoms with E-state index in [9.17, 15) is 8.42 Å². The van der Waals surface area contributed by atoms with Crippen molar-refractivity contribution in [2.75, 3.05) is 26.2 Å². The van der Waals surface area contributed by atoms with Gasteiger partial charge < -0.3 is 0 Å². The molecule has 0 bridgehead atoms. The number of fused-ring (bicyclic) bond motifs is 3. The predicted molar refractivity (Wildman–Crippen MR) is 109 cm³/mol. The van der Waals surface area contributed by atoms with E-state index in [1.54, 1.807) is 4.31 Å². The van der Waals surface area contributed by atoms with Gasteiger partial charge in [0.2, 0.25) is 10.0 Å². The fourth-order valence-corrected chi connectivity index (χ4v) is 6.22. The van der Waals surface area contributed by atoms with Crippen LogP contribution in [0, 0.1) is 6.92 Å². The fourth-order valence-electron chi connectivity index (χ4n) is 4.59. The SMILES string of the molecule is Cc1ccccc1CS(=O)(=O)N1CCN2CC(C)(C)c3ccccc3C2C1. The van der Waals surface area contributed by atoms with Crippen molar-refractivity contribution in [2.24, 2.45) is 0 Å². The Kier molecular flexibility index (Phi) is 4.65. The van der Waals surface area contributed by atoms with E-state index in [-0.39, 0.29) is 17.2 Å². The molecule has 1 unspecified atom stereocenters. The van der Waals surface area contributed by atoms with E-state index in [0.29, 0.717) is 13.1 Å². The van der Waals surface area contributed by atoms with E-state index >= 15 is 0 Å². The van der Waals surface area contributed by atoms with Crippen LogP contribution in [0.2, 0.25) is 0 Å². The summed E-state index contributed by atoms with van der Waals surface area (Å²) in [7, 11) is -3.33. The van der Waals surface area contributed by atoms with Gasteiger partial charge in [-0.05, 0) is 29.2 Å². The first-order valence-corrected chi connectivity index (χ1v) is 11.2. The Morgan fingerprint density at radius 2 is 1.74 bits per heavy atom. The molecule has 0 aromatic heterocycles. The summed E-state index contributed by atoms with van der Waals surface area (Å²) in [6, 6.07) is 16.4. The molecule has 2 heterocycles. The minimum atomic E-state index is -3.33. The van der Waals surface area contributed by atoms with Crippen molar-refractivity contribution in [3.05, 3.63) is 70.8 Å². The minimum absolute atomic E-state index is 0.0829. The summed E-state index contributed by atoms with van der Waals surface area (Å²) in [6.07, 6.45) is 0. The number of hydrogen-bond donors (Lipinski definition) is 0. The highest BCUT2D eigenvalue weighted by molar-refractivity contribution is 7.88. The van der Waals surface area contributed by atoms with Crippen LogP contribution in [0.15, 0.2) is 48.5 Å². The molecular weight excluding hydrogens is 356 g/mol. The average molecular weight is 385 g/mol. The van der Waals surface area contributed by atoms with Gasteiger partial charge in [0.05, 0.1) is 5.75 Å². The maximum atomic E-state index is 13.1. The predicted octanol–water partition coefficient (Wildman–Crippen LogP) is 3.47. The highest BCUT2D eigenvalue weighted by atomic mass is 32.2. The lowest BCUT2D eigenvalue weighted by Crippen LogP contribution is -2.56. The molecule has 1 saturated heterocycles. The van der Waals surface area contributed by atoms with Gasteiger partial charge in [0.25, 0.3) is 0 Å². The fraction of sp³-hybridized carbons (Fsp3) is 0.455. The second-order valence-corrected chi connectivity index (χ2v) is 10.5. The second-order valence-electron chi connectivity index (χ2n) is 8.50. The molecule has 1 fully saturated rings. The van der Waals surface area contributed by atoms with Crippen molar-refractivity contribution in [2.45, 2.75) is 38.0 Å². The molecule has 0 spiro atoms. The third-order valence-corrected chi connectivity index (χ3v) is 7.89. The highest BCUT2D eigenvalue weighted by Crippen LogP contribution is 2.41. The summed E-state index contributed by atoms with van der Waals surface area (Å²) in [5, 5.41) is 0. The van der Waals surface area contributed by atoms with Crippen molar-refractivity contribution in [1.29, 1.82) is 0 Å². The minimum Gasteiger partial charge on any atom is -0.293 e. The van der Waals surface area contributed by atoms with Crippen LogP contribution >= 0.6 is 0 Å². The Balaban J connectivity index is 1.61. The molecule has 2 aromatic rings. The van der Waals surface area contributed by atoms with Crippen LogP contribution in [-0.4, -0.2) is 43.8 Å². The molecule has 5 heteroatoms. The molecule has 2 aliphatic heterocycles. The van der Waals surface area contributed by atoms with Crippen LogP contribution < -0.4 is 0 Å². The van der Waals surface area contributed by atoms with Gasteiger partial charge in [-0.2, -0.15) is 4.31 Å². The van der Waals surface area contributed by atoms with E-state index in [1.807, 2.05) is 31.2 Å². The maximum Gasteiger partial charge on any atom is 0.218 e. The van der Waals surface area contributed by atoms with E-state index in [2.05, 4.69) is 43.0 Å². The van der Waals surface area contributed by atoms with Crippen LogP contribution in [0.3, 0.4) is 0 Å².